The highest BCUT2D eigenvalue weighted by Gasteiger charge is 2.15. The predicted octanol–water partition coefficient (Wildman–Crippen LogP) is 5.19. The lowest BCUT2D eigenvalue weighted by atomic mass is 10.1. The van der Waals surface area contributed by atoms with Gasteiger partial charge in [0, 0.05) is 17.3 Å². The van der Waals surface area contributed by atoms with E-state index in [1.165, 1.54) is 12.1 Å². The topological polar surface area (TPSA) is 79.5 Å². The summed E-state index contributed by atoms with van der Waals surface area (Å²) in [4.78, 5) is 23.9. The number of carbonyl (C=O) groups is 2. The summed E-state index contributed by atoms with van der Waals surface area (Å²) in [6.45, 7) is 5.90. The minimum absolute atomic E-state index is 0.144. The normalized spacial score (nSPS) is 10.8. The van der Waals surface area contributed by atoms with Crippen molar-refractivity contribution < 1.29 is 14.3 Å². The molecule has 0 aliphatic carbocycles. The molecule has 0 atom stereocenters. The molecule has 2 rings (SSSR count). The predicted molar refractivity (Wildman–Crippen MR) is 125 cm³/mol. The third-order valence-corrected chi connectivity index (χ3v) is 4.45. The monoisotopic (exact) mass is 467 g/mol. The first-order chi connectivity index (χ1) is 14.0. The molecule has 2 aromatic carbocycles. The van der Waals surface area contributed by atoms with Crippen LogP contribution in [-0.2, 0) is 11.2 Å². The molecule has 0 aromatic heterocycles. The Labute approximate surface area is 191 Å². The van der Waals surface area contributed by atoms with Crippen molar-refractivity contribution in [2.45, 2.75) is 32.8 Å². The van der Waals surface area contributed by atoms with Crippen molar-refractivity contribution in [2.75, 3.05) is 11.9 Å². The van der Waals surface area contributed by atoms with Gasteiger partial charge in [-0.15, -0.1) is 0 Å². The lowest BCUT2D eigenvalue weighted by Crippen LogP contribution is -2.34. The molecule has 2 amide bonds. The number of amides is 2. The Kier molecular flexibility index (Phi) is 8.46. The van der Waals surface area contributed by atoms with Gasteiger partial charge in [-0.1, -0.05) is 35.3 Å². The highest BCUT2D eigenvalue weighted by Crippen LogP contribution is 2.21. The van der Waals surface area contributed by atoms with Crippen LogP contribution >= 0.6 is 35.4 Å². The largest absolute Gasteiger partial charge is 0.444 e. The Morgan fingerprint density at radius 3 is 2.33 bits per heavy atom. The van der Waals surface area contributed by atoms with Gasteiger partial charge >= 0.3 is 6.09 Å². The fourth-order valence-electron chi connectivity index (χ4n) is 2.38. The van der Waals surface area contributed by atoms with Crippen LogP contribution in [0.1, 0.15) is 36.7 Å². The van der Waals surface area contributed by atoms with Crippen LogP contribution in [-0.4, -0.2) is 29.3 Å². The van der Waals surface area contributed by atoms with E-state index in [0.29, 0.717) is 23.7 Å². The van der Waals surface area contributed by atoms with Crippen LogP contribution in [0, 0.1) is 0 Å². The number of halogens is 2. The van der Waals surface area contributed by atoms with E-state index in [1.807, 2.05) is 45.0 Å². The van der Waals surface area contributed by atoms with Crippen molar-refractivity contribution in [3.8, 4) is 0 Å². The van der Waals surface area contributed by atoms with Crippen LogP contribution in [0.2, 0.25) is 10.0 Å². The van der Waals surface area contributed by atoms with E-state index in [4.69, 9.17) is 40.2 Å². The third-order valence-electron chi connectivity index (χ3n) is 3.70. The summed E-state index contributed by atoms with van der Waals surface area (Å²) in [5, 5.41) is 9.06. The van der Waals surface area contributed by atoms with E-state index in [0.717, 1.165) is 5.56 Å². The molecule has 0 heterocycles. The maximum absolute atomic E-state index is 12.3. The SMILES string of the molecule is CC(C)(C)OC(=O)NCCc1ccc(NC(=S)NC(=O)c2ccc(Cl)cc2Cl)cc1. The second kappa shape index (κ2) is 10.6. The zero-order valence-electron chi connectivity index (χ0n) is 16.8. The van der Waals surface area contributed by atoms with E-state index >= 15 is 0 Å². The minimum Gasteiger partial charge on any atom is -0.444 e. The lowest BCUT2D eigenvalue weighted by Gasteiger charge is -2.19. The number of hydrogen-bond acceptors (Lipinski definition) is 4. The molecule has 9 heteroatoms. The summed E-state index contributed by atoms with van der Waals surface area (Å²) >= 11 is 17.1. The number of alkyl carbamates (subject to hydrolysis) is 1. The number of nitrogens with one attached hydrogen (secondary N) is 3. The molecule has 0 bridgehead atoms. The van der Waals surface area contributed by atoms with Crippen molar-refractivity contribution >= 4 is 58.2 Å². The smallest absolute Gasteiger partial charge is 0.407 e. The Morgan fingerprint density at radius 1 is 1.07 bits per heavy atom. The van der Waals surface area contributed by atoms with Crippen LogP contribution in [0.5, 0.6) is 0 Å². The van der Waals surface area contributed by atoms with Crippen LogP contribution < -0.4 is 16.0 Å². The standard InChI is InChI=1S/C21H23Cl2N3O3S/c1-21(2,3)29-20(28)24-11-10-13-4-7-15(8-5-13)25-19(30)26-18(27)16-9-6-14(22)12-17(16)23/h4-9,12H,10-11H2,1-3H3,(H,24,28)(H2,25,26,27,30). The molecule has 0 spiro atoms. The van der Waals surface area contributed by atoms with E-state index in [2.05, 4.69) is 16.0 Å². The van der Waals surface area contributed by atoms with E-state index < -0.39 is 17.6 Å². The number of hydrogen-bond donors (Lipinski definition) is 3. The summed E-state index contributed by atoms with van der Waals surface area (Å²) in [5.41, 5.74) is 1.49. The second-order valence-electron chi connectivity index (χ2n) is 7.41. The first kappa shape index (κ1) is 23.9. The van der Waals surface area contributed by atoms with Crippen LogP contribution in [0.15, 0.2) is 42.5 Å². The fourth-order valence-corrected chi connectivity index (χ4v) is 3.09. The van der Waals surface area contributed by atoms with E-state index in [9.17, 15) is 9.59 Å². The molecule has 0 aliphatic rings. The molecule has 0 unspecified atom stereocenters. The molecule has 0 radical (unpaired) electrons. The third kappa shape index (κ3) is 8.18. The minimum atomic E-state index is -0.524. The second-order valence-corrected chi connectivity index (χ2v) is 8.66. The van der Waals surface area contributed by atoms with Gasteiger partial charge in [-0.3, -0.25) is 10.1 Å². The van der Waals surface area contributed by atoms with Gasteiger partial charge in [-0.25, -0.2) is 4.79 Å². The van der Waals surface area contributed by atoms with Gasteiger partial charge in [-0.05, 0) is 75.3 Å². The van der Waals surface area contributed by atoms with Gasteiger partial charge in [0.1, 0.15) is 5.60 Å². The Balaban J connectivity index is 1.81. The Hall–Kier alpha value is -2.35. The molecule has 3 N–H and O–H groups in total. The van der Waals surface area contributed by atoms with E-state index in [-0.39, 0.29) is 15.7 Å². The van der Waals surface area contributed by atoms with E-state index in [1.54, 1.807) is 6.07 Å². The first-order valence-corrected chi connectivity index (χ1v) is 10.3. The number of benzene rings is 2. The molecular formula is C21H23Cl2N3O3S. The summed E-state index contributed by atoms with van der Waals surface area (Å²) in [7, 11) is 0. The molecule has 0 aliphatic heterocycles. The van der Waals surface area contributed by atoms with Gasteiger partial charge in [-0.2, -0.15) is 0 Å². The molecule has 0 saturated heterocycles. The maximum Gasteiger partial charge on any atom is 0.407 e. The molecule has 30 heavy (non-hydrogen) atoms. The molecular weight excluding hydrogens is 445 g/mol. The van der Waals surface area contributed by atoms with Gasteiger partial charge in [0.15, 0.2) is 5.11 Å². The van der Waals surface area contributed by atoms with Crippen molar-refractivity contribution in [3.63, 3.8) is 0 Å². The van der Waals surface area contributed by atoms with Gasteiger partial charge in [0.05, 0.1) is 10.6 Å². The molecule has 0 saturated carbocycles. The average molecular weight is 468 g/mol. The van der Waals surface area contributed by atoms with Crippen molar-refractivity contribution in [1.82, 2.24) is 10.6 Å². The summed E-state index contributed by atoms with van der Waals surface area (Å²) in [6.07, 6.45) is 0.207. The quantitative estimate of drug-likeness (QED) is 0.527. The molecule has 6 nitrogen and oxygen atoms in total. The fraction of sp³-hybridized carbons (Fsp3) is 0.286. The first-order valence-electron chi connectivity index (χ1n) is 9.17. The van der Waals surface area contributed by atoms with Crippen molar-refractivity contribution in [3.05, 3.63) is 63.6 Å². The van der Waals surface area contributed by atoms with Gasteiger partial charge < -0.3 is 15.4 Å². The number of ether oxygens (including phenoxy) is 1. The highest BCUT2D eigenvalue weighted by molar-refractivity contribution is 7.80. The van der Waals surface area contributed by atoms with Crippen LogP contribution in [0.4, 0.5) is 10.5 Å². The Morgan fingerprint density at radius 2 is 1.73 bits per heavy atom. The molecule has 2 aromatic rings. The number of rotatable bonds is 5. The average Bonchev–Trinajstić information content (AvgIpc) is 2.61. The summed E-state index contributed by atoms with van der Waals surface area (Å²) in [6, 6.07) is 12.1. The summed E-state index contributed by atoms with van der Waals surface area (Å²) < 4.78 is 5.19. The molecule has 160 valence electrons. The lowest BCUT2D eigenvalue weighted by molar-refractivity contribution is 0.0528. The van der Waals surface area contributed by atoms with Crippen LogP contribution in [0.25, 0.3) is 0 Å². The highest BCUT2D eigenvalue weighted by atomic mass is 35.5. The Bertz CT molecular complexity index is 928. The zero-order chi connectivity index (χ0) is 22.3. The van der Waals surface area contributed by atoms with Gasteiger partial charge in [0.2, 0.25) is 0 Å². The molecule has 0 fully saturated rings. The maximum atomic E-state index is 12.3. The number of anilines is 1. The van der Waals surface area contributed by atoms with Gasteiger partial charge in [0.25, 0.3) is 5.91 Å². The van der Waals surface area contributed by atoms with Crippen LogP contribution in [0.3, 0.4) is 0 Å². The zero-order valence-corrected chi connectivity index (χ0v) is 19.2. The van der Waals surface area contributed by atoms with Crippen molar-refractivity contribution in [2.24, 2.45) is 0 Å². The number of carbonyl (C=O) groups excluding carboxylic acids is 2. The van der Waals surface area contributed by atoms with Crippen molar-refractivity contribution in [1.29, 1.82) is 0 Å². The summed E-state index contributed by atoms with van der Waals surface area (Å²) in [5.74, 6) is -0.431. The number of thiocarbonyl (C=S) groups is 1.